The van der Waals surface area contributed by atoms with Crippen molar-refractivity contribution in [2.45, 2.75) is 24.9 Å². The predicted molar refractivity (Wildman–Crippen MR) is 250 cm³/mol. The number of aromatic nitrogens is 9. The SMILES string of the molecule is CN1CCN(c2ccc(-c3cc4ncn(C)c(=O)c4c(N[C@@H]4CCOC4)n3)cc2)CC1.Cn1cnc2cc(Cl)nc(Cl)c2c1=O.Cn1cnc2cc(Cl)nc(N[C@@H]3CCOC3)c2c1=O. The molecule has 0 amide bonds. The van der Waals surface area contributed by atoms with Crippen molar-refractivity contribution in [3.63, 3.8) is 0 Å². The third-order valence-electron chi connectivity index (χ3n) is 11.2. The second kappa shape index (κ2) is 19.5. The maximum Gasteiger partial charge on any atom is 0.264 e. The minimum absolute atomic E-state index is 0.0844. The summed E-state index contributed by atoms with van der Waals surface area (Å²) >= 11 is 17.4. The minimum atomic E-state index is -0.232. The number of aryl methyl sites for hydroxylation is 3. The molecule has 0 saturated carbocycles. The van der Waals surface area contributed by atoms with E-state index in [-0.39, 0.29) is 39.1 Å². The van der Waals surface area contributed by atoms with Crippen molar-refractivity contribution in [3.8, 4) is 11.3 Å². The summed E-state index contributed by atoms with van der Waals surface area (Å²) in [4.78, 5) is 67.0. The van der Waals surface area contributed by atoms with Gasteiger partial charge >= 0.3 is 0 Å². The van der Waals surface area contributed by atoms with Gasteiger partial charge in [-0.25, -0.2) is 29.9 Å². The number of nitrogens with zero attached hydrogens (tertiary/aromatic N) is 11. The molecule has 2 N–H and O–H groups in total. The fourth-order valence-corrected chi connectivity index (χ4v) is 8.20. The Bertz CT molecular complexity index is 3000. The Morgan fingerprint density at radius 3 is 1.58 bits per heavy atom. The lowest BCUT2D eigenvalue weighted by atomic mass is 10.1. The van der Waals surface area contributed by atoms with Gasteiger partial charge < -0.3 is 43.6 Å². The summed E-state index contributed by atoms with van der Waals surface area (Å²) < 4.78 is 15.0. The van der Waals surface area contributed by atoms with E-state index in [1.165, 1.54) is 38.1 Å². The zero-order chi connectivity index (χ0) is 45.1. The fourth-order valence-electron chi connectivity index (χ4n) is 7.51. The van der Waals surface area contributed by atoms with Crippen molar-refractivity contribution in [1.29, 1.82) is 0 Å². The van der Waals surface area contributed by atoms with Gasteiger partial charge in [-0.3, -0.25) is 14.4 Å². The summed E-state index contributed by atoms with van der Waals surface area (Å²) in [6.45, 7) is 6.89. The first-order chi connectivity index (χ1) is 30.8. The van der Waals surface area contributed by atoms with Gasteiger partial charge in [0, 0.05) is 83.9 Å². The van der Waals surface area contributed by atoms with Crippen molar-refractivity contribution in [1.82, 2.24) is 48.5 Å². The maximum atomic E-state index is 12.8. The molecule has 3 fully saturated rings. The number of ether oxygens (including phenoxy) is 2. The average molecular weight is 931 g/mol. The molecular formula is C43H46Cl3N13O5. The highest BCUT2D eigenvalue weighted by Gasteiger charge is 2.22. The van der Waals surface area contributed by atoms with Gasteiger partial charge in [0.25, 0.3) is 16.7 Å². The van der Waals surface area contributed by atoms with E-state index in [0.29, 0.717) is 69.3 Å². The molecule has 6 aromatic heterocycles. The molecule has 0 aliphatic carbocycles. The van der Waals surface area contributed by atoms with Crippen LogP contribution in [0.3, 0.4) is 0 Å². The van der Waals surface area contributed by atoms with Gasteiger partial charge in [-0.2, -0.15) is 0 Å². The molecule has 21 heteroatoms. The summed E-state index contributed by atoms with van der Waals surface area (Å²) in [5, 5.41) is 8.55. The monoisotopic (exact) mass is 929 g/mol. The highest BCUT2D eigenvalue weighted by Crippen LogP contribution is 2.29. The first-order valence-electron chi connectivity index (χ1n) is 20.6. The molecule has 334 valence electrons. The number of hydrogen-bond donors (Lipinski definition) is 2. The van der Waals surface area contributed by atoms with E-state index < -0.39 is 0 Å². The molecule has 9 heterocycles. The summed E-state index contributed by atoms with van der Waals surface area (Å²) in [6, 6.07) is 13.8. The van der Waals surface area contributed by atoms with E-state index in [1.54, 1.807) is 33.5 Å². The normalized spacial score (nSPS) is 17.6. The molecule has 2 atom stereocenters. The number of nitrogens with one attached hydrogen (secondary N) is 2. The van der Waals surface area contributed by atoms with Crippen LogP contribution in [0, 0.1) is 0 Å². The molecule has 0 radical (unpaired) electrons. The fraction of sp³-hybridized carbons (Fsp3) is 0.372. The lowest BCUT2D eigenvalue weighted by molar-refractivity contribution is 0.195. The van der Waals surface area contributed by atoms with Gasteiger partial charge in [0.2, 0.25) is 0 Å². The Hall–Kier alpha value is -5.76. The molecule has 3 saturated heterocycles. The van der Waals surface area contributed by atoms with E-state index >= 15 is 0 Å². The second-order valence-corrected chi connectivity index (χ2v) is 16.9. The lowest BCUT2D eigenvalue weighted by Gasteiger charge is -2.34. The standard InChI is InChI=1S/C23H28N6O2.C12H13ClN4O2.C8H5Cl2N3O/c1-27-8-10-29(11-9-27)18-5-3-16(4-6-18)19-13-20-21(23(30)28(2)15-24-20)22(26-19)25-17-7-12-31-14-17;1-17-6-14-8-4-9(13)16-11(10(8)12(17)18)15-7-2-3-19-5-7;1-13-3-11-4-2-5(9)12-7(10)6(4)8(13)14/h3-6,13,15,17H,7-12,14H2,1-2H3,(H,25,26);4,6-7H,2-3,5H2,1H3,(H,15,16);2-3H,1H3/t17-;7-;/m11./s1. The second-order valence-electron chi connectivity index (χ2n) is 15.8. The highest BCUT2D eigenvalue weighted by atomic mass is 35.5. The van der Waals surface area contributed by atoms with Crippen LogP contribution in [-0.4, -0.2) is 120 Å². The third kappa shape index (κ3) is 9.96. The Kier molecular flexibility index (Phi) is 13.7. The molecule has 64 heavy (non-hydrogen) atoms. The number of likely N-dealkylation sites (N-methyl/N-ethyl adjacent to an activating group) is 1. The van der Waals surface area contributed by atoms with Crippen molar-refractivity contribution >= 4 is 84.8 Å². The quantitative estimate of drug-likeness (QED) is 0.217. The van der Waals surface area contributed by atoms with Crippen LogP contribution < -0.4 is 32.2 Å². The van der Waals surface area contributed by atoms with Gasteiger partial charge in [0.05, 0.1) is 66.5 Å². The molecule has 0 spiro atoms. The molecular weight excluding hydrogens is 885 g/mol. The van der Waals surface area contributed by atoms with Gasteiger partial charge in [-0.15, -0.1) is 0 Å². The molecule has 18 nitrogen and oxygen atoms in total. The van der Waals surface area contributed by atoms with Crippen LogP contribution in [0.1, 0.15) is 12.8 Å². The Morgan fingerprint density at radius 1 is 0.594 bits per heavy atom. The number of rotatable bonds is 6. The number of pyridine rings is 3. The zero-order valence-electron chi connectivity index (χ0n) is 35.6. The van der Waals surface area contributed by atoms with E-state index in [9.17, 15) is 14.4 Å². The van der Waals surface area contributed by atoms with Crippen molar-refractivity contribution < 1.29 is 9.47 Å². The first-order valence-corrected chi connectivity index (χ1v) is 21.7. The molecule has 3 aliphatic rings. The lowest BCUT2D eigenvalue weighted by Crippen LogP contribution is -2.44. The van der Waals surface area contributed by atoms with Crippen LogP contribution >= 0.6 is 34.8 Å². The van der Waals surface area contributed by atoms with Crippen LogP contribution in [0.4, 0.5) is 17.3 Å². The topological polar surface area (TPSA) is 192 Å². The number of hydrogen-bond acceptors (Lipinski definition) is 15. The number of benzene rings is 1. The smallest absolute Gasteiger partial charge is 0.264 e. The van der Waals surface area contributed by atoms with Gasteiger partial charge in [-0.05, 0) is 38.1 Å². The van der Waals surface area contributed by atoms with Gasteiger partial charge in [0.15, 0.2) is 0 Å². The van der Waals surface area contributed by atoms with Crippen LogP contribution in [0.25, 0.3) is 44.0 Å². The van der Waals surface area contributed by atoms with Gasteiger partial charge in [0.1, 0.15) is 43.3 Å². The predicted octanol–water partition coefficient (Wildman–Crippen LogP) is 4.77. The third-order valence-corrected chi connectivity index (χ3v) is 11.8. The van der Waals surface area contributed by atoms with E-state index in [0.717, 1.165) is 56.9 Å². The molecule has 0 bridgehead atoms. The molecule has 0 unspecified atom stereocenters. The van der Waals surface area contributed by atoms with Crippen LogP contribution in [0.2, 0.25) is 15.5 Å². The Labute approximate surface area is 381 Å². The molecule has 1 aromatic carbocycles. The highest BCUT2D eigenvalue weighted by molar-refractivity contribution is 6.36. The summed E-state index contributed by atoms with van der Waals surface area (Å²) in [5.41, 5.74) is 4.22. The molecule has 3 aliphatic heterocycles. The first kappa shape index (κ1) is 44.8. The Balaban J connectivity index is 0.000000144. The van der Waals surface area contributed by atoms with E-state index in [4.69, 9.17) is 49.3 Å². The number of piperazine rings is 1. The number of anilines is 3. The van der Waals surface area contributed by atoms with Crippen LogP contribution in [0.15, 0.2) is 75.8 Å². The van der Waals surface area contributed by atoms with E-state index in [1.807, 2.05) is 6.07 Å². The summed E-state index contributed by atoms with van der Waals surface area (Å²) in [5.74, 6) is 1.06. The molecule has 7 aromatic rings. The number of fused-ring (bicyclic) bond motifs is 3. The minimum Gasteiger partial charge on any atom is -0.379 e. The van der Waals surface area contributed by atoms with Crippen molar-refractivity contribution in [2.24, 2.45) is 21.1 Å². The Morgan fingerprint density at radius 2 is 1.06 bits per heavy atom. The van der Waals surface area contributed by atoms with Gasteiger partial charge in [-0.1, -0.05) is 46.9 Å². The largest absolute Gasteiger partial charge is 0.379 e. The van der Waals surface area contributed by atoms with Crippen LogP contribution in [0.5, 0.6) is 0 Å². The summed E-state index contributed by atoms with van der Waals surface area (Å²) in [6.07, 6.45) is 6.23. The molecule has 10 rings (SSSR count). The van der Waals surface area contributed by atoms with Crippen molar-refractivity contribution in [3.05, 3.63) is 108 Å². The van der Waals surface area contributed by atoms with E-state index in [2.05, 4.69) is 76.7 Å². The average Bonchev–Trinajstić information content (AvgIpc) is 4.00. The summed E-state index contributed by atoms with van der Waals surface area (Å²) in [7, 11) is 7.13. The maximum absolute atomic E-state index is 12.8. The number of halogens is 3. The zero-order valence-corrected chi connectivity index (χ0v) is 37.9. The van der Waals surface area contributed by atoms with Crippen LogP contribution in [-0.2, 0) is 30.6 Å². The van der Waals surface area contributed by atoms with Crippen molar-refractivity contribution in [2.75, 3.05) is 75.2 Å².